The second-order valence-electron chi connectivity index (χ2n) is 5.46. The van der Waals surface area contributed by atoms with E-state index in [9.17, 15) is 18.0 Å². The first kappa shape index (κ1) is 17.8. The van der Waals surface area contributed by atoms with Gasteiger partial charge in [-0.2, -0.15) is 0 Å². The predicted octanol–water partition coefficient (Wildman–Crippen LogP) is 2.07. The molecule has 0 aliphatic heterocycles. The third-order valence-electron chi connectivity index (χ3n) is 3.41. The molecule has 0 aromatic heterocycles. The number of benzene rings is 2. The van der Waals surface area contributed by atoms with Gasteiger partial charge < -0.3 is 5.32 Å². The monoisotopic (exact) mass is 346 g/mol. The van der Waals surface area contributed by atoms with E-state index in [1.807, 2.05) is 6.92 Å². The maximum absolute atomic E-state index is 12.1. The van der Waals surface area contributed by atoms with E-state index < -0.39 is 21.7 Å². The van der Waals surface area contributed by atoms with E-state index in [4.69, 9.17) is 0 Å². The Morgan fingerprint density at radius 2 is 1.46 bits per heavy atom. The smallest absolute Gasteiger partial charge is 0.296 e. The van der Waals surface area contributed by atoms with E-state index in [0.717, 1.165) is 9.87 Å². The fraction of sp³-hybridized carbons (Fsp3) is 0.176. The summed E-state index contributed by atoms with van der Waals surface area (Å²) in [5, 5.41) is 2.47. The molecule has 1 N–H and O–H groups in total. The minimum Gasteiger partial charge on any atom is -0.319 e. The van der Waals surface area contributed by atoms with Gasteiger partial charge in [-0.1, -0.05) is 29.8 Å². The zero-order valence-electron chi connectivity index (χ0n) is 13.6. The van der Waals surface area contributed by atoms with Crippen LogP contribution in [0.2, 0.25) is 0 Å². The molecule has 2 aromatic carbocycles. The van der Waals surface area contributed by atoms with E-state index in [-0.39, 0.29) is 4.90 Å². The highest BCUT2D eigenvalue weighted by Crippen LogP contribution is 2.17. The van der Waals surface area contributed by atoms with Crippen molar-refractivity contribution in [1.82, 2.24) is 4.31 Å². The van der Waals surface area contributed by atoms with Crippen molar-refractivity contribution in [3.8, 4) is 0 Å². The minimum atomic E-state index is -3.53. The number of aryl methyl sites for hydroxylation is 1. The molecule has 2 rings (SSSR count). The van der Waals surface area contributed by atoms with Crippen molar-refractivity contribution in [2.75, 3.05) is 19.4 Å². The van der Waals surface area contributed by atoms with Crippen molar-refractivity contribution >= 4 is 27.4 Å². The molecule has 0 saturated carbocycles. The van der Waals surface area contributed by atoms with E-state index in [1.165, 1.54) is 38.4 Å². The number of sulfonamides is 1. The first-order valence-electron chi connectivity index (χ1n) is 7.17. The standard InChI is InChI=1S/C17H18N2O4S/c1-12-4-6-13(7-5-12)16(20)17(21)18-14-8-10-15(11-9-14)24(22,23)19(2)3/h4-11H,1-3H3,(H,18,21). The van der Waals surface area contributed by atoms with E-state index >= 15 is 0 Å². The van der Waals surface area contributed by atoms with Gasteiger partial charge in [-0.25, -0.2) is 12.7 Å². The largest absolute Gasteiger partial charge is 0.319 e. The van der Waals surface area contributed by atoms with Crippen molar-refractivity contribution in [2.24, 2.45) is 0 Å². The summed E-state index contributed by atoms with van der Waals surface area (Å²) in [7, 11) is -0.660. The number of carbonyl (C=O) groups excluding carboxylic acids is 2. The van der Waals surface area contributed by atoms with Crippen LogP contribution < -0.4 is 5.32 Å². The fourth-order valence-electron chi connectivity index (χ4n) is 1.94. The first-order chi connectivity index (χ1) is 11.2. The Kier molecular flexibility index (Phi) is 5.16. The minimum absolute atomic E-state index is 0.107. The van der Waals surface area contributed by atoms with Crippen LogP contribution in [-0.4, -0.2) is 38.5 Å². The van der Waals surface area contributed by atoms with Crippen LogP contribution in [0, 0.1) is 6.92 Å². The number of rotatable bonds is 5. The molecule has 24 heavy (non-hydrogen) atoms. The summed E-state index contributed by atoms with van der Waals surface area (Å²) in [6.07, 6.45) is 0. The lowest BCUT2D eigenvalue weighted by Crippen LogP contribution is -2.23. The molecule has 0 atom stereocenters. The van der Waals surface area contributed by atoms with Gasteiger partial charge in [-0.15, -0.1) is 0 Å². The number of carbonyl (C=O) groups is 2. The first-order valence-corrected chi connectivity index (χ1v) is 8.61. The van der Waals surface area contributed by atoms with Crippen LogP contribution in [0.25, 0.3) is 0 Å². The maximum atomic E-state index is 12.1. The topological polar surface area (TPSA) is 83.5 Å². The molecule has 1 amide bonds. The van der Waals surface area contributed by atoms with Crippen molar-refractivity contribution < 1.29 is 18.0 Å². The molecule has 0 unspecified atom stereocenters. The van der Waals surface area contributed by atoms with Gasteiger partial charge in [0.15, 0.2) is 0 Å². The molecule has 0 radical (unpaired) electrons. The predicted molar refractivity (Wildman–Crippen MR) is 91.5 cm³/mol. The summed E-state index contributed by atoms with van der Waals surface area (Å²) >= 11 is 0. The summed E-state index contributed by atoms with van der Waals surface area (Å²) in [5.41, 5.74) is 1.63. The fourth-order valence-corrected chi connectivity index (χ4v) is 2.85. The Labute approximate surface area is 141 Å². The molecule has 6 nitrogen and oxygen atoms in total. The summed E-state index contributed by atoms with van der Waals surface area (Å²) < 4.78 is 25.0. The van der Waals surface area contributed by atoms with Gasteiger partial charge in [0.2, 0.25) is 10.0 Å². The molecular formula is C17H18N2O4S. The van der Waals surface area contributed by atoms with Crippen molar-refractivity contribution in [1.29, 1.82) is 0 Å². The molecule has 0 fully saturated rings. The second kappa shape index (κ2) is 6.94. The quantitative estimate of drug-likeness (QED) is 0.663. The average Bonchev–Trinajstić information content (AvgIpc) is 2.55. The Morgan fingerprint density at radius 1 is 0.917 bits per heavy atom. The summed E-state index contributed by atoms with van der Waals surface area (Å²) in [5.74, 6) is -1.43. The van der Waals surface area contributed by atoms with Crippen LogP contribution >= 0.6 is 0 Å². The van der Waals surface area contributed by atoms with Crippen LogP contribution in [0.15, 0.2) is 53.4 Å². The number of anilines is 1. The zero-order chi connectivity index (χ0) is 17.9. The lowest BCUT2D eigenvalue weighted by molar-refractivity contribution is -0.112. The molecule has 126 valence electrons. The molecule has 7 heteroatoms. The number of hydrogen-bond acceptors (Lipinski definition) is 4. The lowest BCUT2D eigenvalue weighted by Gasteiger charge is -2.11. The van der Waals surface area contributed by atoms with Gasteiger partial charge in [0.25, 0.3) is 11.7 Å². The average molecular weight is 346 g/mol. The SMILES string of the molecule is Cc1ccc(C(=O)C(=O)Nc2ccc(S(=O)(=O)N(C)C)cc2)cc1. The number of nitrogens with zero attached hydrogens (tertiary/aromatic N) is 1. The van der Waals surface area contributed by atoms with E-state index in [1.54, 1.807) is 24.3 Å². The molecule has 0 aliphatic rings. The molecule has 0 aliphatic carbocycles. The third-order valence-corrected chi connectivity index (χ3v) is 5.24. The number of hydrogen-bond donors (Lipinski definition) is 1. The third kappa shape index (κ3) is 3.87. The number of Topliss-reactive ketones (excluding diaryl/α,β-unsaturated/α-hetero) is 1. The van der Waals surface area contributed by atoms with E-state index in [0.29, 0.717) is 11.3 Å². The number of ketones is 1. The van der Waals surface area contributed by atoms with Gasteiger partial charge in [0.1, 0.15) is 0 Å². The molecule has 2 aromatic rings. The summed E-state index contributed by atoms with van der Waals surface area (Å²) in [6.45, 7) is 1.89. The highest BCUT2D eigenvalue weighted by molar-refractivity contribution is 7.89. The van der Waals surface area contributed by atoms with Gasteiger partial charge in [0.05, 0.1) is 4.90 Å². The highest BCUT2D eigenvalue weighted by atomic mass is 32.2. The Balaban J connectivity index is 2.12. The maximum Gasteiger partial charge on any atom is 0.296 e. The van der Waals surface area contributed by atoms with Crippen LogP contribution in [0.5, 0.6) is 0 Å². The van der Waals surface area contributed by atoms with Crippen LogP contribution in [0.3, 0.4) is 0 Å². The van der Waals surface area contributed by atoms with Gasteiger partial charge >= 0.3 is 0 Å². The van der Waals surface area contributed by atoms with Crippen LogP contribution in [0.1, 0.15) is 15.9 Å². The van der Waals surface area contributed by atoms with Crippen LogP contribution in [-0.2, 0) is 14.8 Å². The van der Waals surface area contributed by atoms with Crippen molar-refractivity contribution in [3.05, 3.63) is 59.7 Å². The lowest BCUT2D eigenvalue weighted by atomic mass is 10.1. The van der Waals surface area contributed by atoms with Gasteiger partial charge in [0, 0.05) is 25.3 Å². The van der Waals surface area contributed by atoms with Crippen molar-refractivity contribution in [3.63, 3.8) is 0 Å². The Hall–Kier alpha value is -2.51. The molecule has 0 saturated heterocycles. The summed E-state index contributed by atoms with van der Waals surface area (Å²) in [6, 6.07) is 12.3. The second-order valence-corrected chi connectivity index (χ2v) is 7.61. The Morgan fingerprint density at radius 3 is 1.96 bits per heavy atom. The van der Waals surface area contributed by atoms with Gasteiger partial charge in [-0.05, 0) is 31.2 Å². The molecular weight excluding hydrogens is 328 g/mol. The number of nitrogens with one attached hydrogen (secondary N) is 1. The normalized spacial score (nSPS) is 11.3. The zero-order valence-corrected chi connectivity index (χ0v) is 14.4. The van der Waals surface area contributed by atoms with Gasteiger partial charge in [-0.3, -0.25) is 9.59 Å². The molecule has 0 heterocycles. The van der Waals surface area contributed by atoms with Crippen molar-refractivity contribution in [2.45, 2.75) is 11.8 Å². The highest BCUT2D eigenvalue weighted by Gasteiger charge is 2.18. The Bertz CT molecular complexity index is 854. The molecule has 0 bridgehead atoms. The molecule has 0 spiro atoms. The summed E-state index contributed by atoms with van der Waals surface area (Å²) in [4.78, 5) is 24.2. The van der Waals surface area contributed by atoms with E-state index in [2.05, 4.69) is 5.32 Å². The van der Waals surface area contributed by atoms with Crippen LogP contribution in [0.4, 0.5) is 5.69 Å². The number of amides is 1.